The van der Waals surface area contributed by atoms with E-state index in [-0.39, 0.29) is 17.6 Å². The van der Waals surface area contributed by atoms with E-state index in [1.54, 1.807) is 17.0 Å². The summed E-state index contributed by atoms with van der Waals surface area (Å²) >= 11 is 0. The number of benzene rings is 1. The molecule has 1 aliphatic rings. The van der Waals surface area contributed by atoms with Crippen LogP contribution in [0.5, 0.6) is 11.5 Å². The number of ether oxygens (including phenoxy) is 2. The molecule has 0 saturated carbocycles. The van der Waals surface area contributed by atoms with Crippen molar-refractivity contribution >= 4 is 11.8 Å². The maximum absolute atomic E-state index is 12.6. The van der Waals surface area contributed by atoms with Gasteiger partial charge in [0.25, 0.3) is 5.91 Å². The number of nitrogens with zero attached hydrogens (tertiary/aromatic N) is 1. The molecule has 0 bridgehead atoms. The zero-order valence-corrected chi connectivity index (χ0v) is 17.0. The summed E-state index contributed by atoms with van der Waals surface area (Å²) < 4.78 is 16.4. The molecule has 2 heterocycles. The maximum atomic E-state index is 12.6. The Labute approximate surface area is 171 Å². The molecule has 2 aromatic rings. The van der Waals surface area contributed by atoms with Crippen LogP contribution in [0.15, 0.2) is 41.0 Å². The van der Waals surface area contributed by atoms with Crippen molar-refractivity contribution in [2.75, 3.05) is 26.3 Å². The lowest BCUT2D eigenvalue weighted by atomic mass is 10.1. The topological polar surface area (TPSA) is 81.0 Å². The quantitative estimate of drug-likeness (QED) is 0.700. The van der Waals surface area contributed by atoms with Crippen LogP contribution in [0, 0.1) is 0 Å². The summed E-state index contributed by atoms with van der Waals surface area (Å²) in [6, 6.07) is 8.66. The molecule has 3 rings (SSSR count). The molecule has 1 aromatic carbocycles. The van der Waals surface area contributed by atoms with E-state index in [9.17, 15) is 9.59 Å². The fourth-order valence-electron chi connectivity index (χ4n) is 3.52. The molecular weight excluding hydrogens is 372 g/mol. The fraction of sp³-hybridized carbons (Fsp3) is 0.455. The number of carbonyl (C=O) groups is 2. The normalized spacial score (nSPS) is 15.9. The van der Waals surface area contributed by atoms with E-state index in [0.29, 0.717) is 44.9 Å². The van der Waals surface area contributed by atoms with Crippen LogP contribution < -0.4 is 14.8 Å². The molecule has 7 nitrogen and oxygen atoms in total. The smallest absolute Gasteiger partial charge is 0.290 e. The Kier molecular flexibility index (Phi) is 7.16. The van der Waals surface area contributed by atoms with Gasteiger partial charge in [-0.05, 0) is 62.9 Å². The Morgan fingerprint density at radius 3 is 2.69 bits per heavy atom. The van der Waals surface area contributed by atoms with Crippen LogP contribution in [0.4, 0.5) is 0 Å². The molecule has 1 unspecified atom stereocenters. The SMILES string of the molecule is CCOc1ccc(CCNC(=O)C2CCCN2C(=O)c2ccco2)cc1OCC. The zero-order valence-electron chi connectivity index (χ0n) is 17.0. The van der Waals surface area contributed by atoms with Gasteiger partial charge in [0.15, 0.2) is 17.3 Å². The molecule has 1 aromatic heterocycles. The van der Waals surface area contributed by atoms with Gasteiger partial charge in [-0.3, -0.25) is 9.59 Å². The Hall–Kier alpha value is -2.96. The van der Waals surface area contributed by atoms with Crippen LogP contribution in [0.25, 0.3) is 0 Å². The molecule has 29 heavy (non-hydrogen) atoms. The van der Waals surface area contributed by atoms with E-state index < -0.39 is 6.04 Å². The maximum Gasteiger partial charge on any atom is 0.290 e. The predicted octanol–water partition coefficient (Wildman–Crippen LogP) is 3.04. The molecule has 0 spiro atoms. The van der Waals surface area contributed by atoms with Crippen LogP contribution >= 0.6 is 0 Å². The van der Waals surface area contributed by atoms with Crippen molar-refractivity contribution in [3.8, 4) is 11.5 Å². The van der Waals surface area contributed by atoms with Gasteiger partial charge in [-0.15, -0.1) is 0 Å². The van der Waals surface area contributed by atoms with Crippen LogP contribution in [0.1, 0.15) is 42.8 Å². The molecule has 0 aliphatic carbocycles. The van der Waals surface area contributed by atoms with Crippen molar-refractivity contribution in [3.63, 3.8) is 0 Å². The number of rotatable bonds is 9. The third-order valence-electron chi connectivity index (χ3n) is 4.87. The van der Waals surface area contributed by atoms with Crippen molar-refractivity contribution in [1.82, 2.24) is 10.2 Å². The second-order valence-electron chi connectivity index (χ2n) is 6.82. The molecule has 1 fully saturated rings. The lowest BCUT2D eigenvalue weighted by Gasteiger charge is -2.23. The highest BCUT2D eigenvalue weighted by molar-refractivity contribution is 5.95. The zero-order chi connectivity index (χ0) is 20.6. The van der Waals surface area contributed by atoms with Gasteiger partial charge < -0.3 is 24.1 Å². The molecule has 7 heteroatoms. The molecule has 156 valence electrons. The molecular formula is C22H28N2O5. The van der Waals surface area contributed by atoms with Gasteiger partial charge >= 0.3 is 0 Å². The van der Waals surface area contributed by atoms with E-state index in [0.717, 1.165) is 17.7 Å². The van der Waals surface area contributed by atoms with E-state index in [2.05, 4.69) is 5.32 Å². The summed E-state index contributed by atoms with van der Waals surface area (Å²) in [5.74, 6) is 1.34. The van der Waals surface area contributed by atoms with Gasteiger partial charge in [0.1, 0.15) is 6.04 Å². The summed E-state index contributed by atoms with van der Waals surface area (Å²) in [4.78, 5) is 26.8. The predicted molar refractivity (Wildman–Crippen MR) is 108 cm³/mol. The van der Waals surface area contributed by atoms with E-state index in [4.69, 9.17) is 13.9 Å². The van der Waals surface area contributed by atoms with Crippen LogP contribution in [-0.4, -0.2) is 49.1 Å². The standard InChI is InChI=1S/C22H28N2O5/c1-3-27-18-10-9-16(15-20(18)28-4-2)11-12-23-21(25)17-7-5-13-24(17)22(26)19-8-6-14-29-19/h6,8-10,14-15,17H,3-5,7,11-13H2,1-2H3,(H,23,25). The van der Waals surface area contributed by atoms with Crippen LogP contribution in [0.2, 0.25) is 0 Å². The van der Waals surface area contributed by atoms with Gasteiger partial charge in [-0.1, -0.05) is 6.07 Å². The fourth-order valence-corrected chi connectivity index (χ4v) is 3.52. The van der Waals surface area contributed by atoms with Crippen molar-refractivity contribution in [2.24, 2.45) is 0 Å². The molecule has 1 N–H and O–H groups in total. The average Bonchev–Trinajstić information content (AvgIpc) is 3.42. The molecule has 2 amide bonds. The monoisotopic (exact) mass is 400 g/mol. The van der Waals surface area contributed by atoms with E-state index >= 15 is 0 Å². The lowest BCUT2D eigenvalue weighted by molar-refractivity contribution is -0.124. The third-order valence-corrected chi connectivity index (χ3v) is 4.87. The van der Waals surface area contributed by atoms with Crippen molar-refractivity contribution in [3.05, 3.63) is 47.9 Å². The number of hydrogen-bond acceptors (Lipinski definition) is 5. The van der Waals surface area contributed by atoms with Gasteiger partial charge in [-0.2, -0.15) is 0 Å². The number of carbonyl (C=O) groups excluding carboxylic acids is 2. The second kappa shape index (κ2) is 10.0. The summed E-state index contributed by atoms with van der Waals surface area (Å²) in [5, 5.41) is 2.96. The highest BCUT2D eigenvalue weighted by atomic mass is 16.5. The van der Waals surface area contributed by atoms with E-state index in [1.165, 1.54) is 6.26 Å². The number of hydrogen-bond donors (Lipinski definition) is 1. The molecule has 0 radical (unpaired) electrons. The summed E-state index contributed by atoms with van der Waals surface area (Å²) in [6.45, 7) is 6.04. The van der Waals surface area contributed by atoms with Crippen LogP contribution in [-0.2, 0) is 11.2 Å². The first-order valence-corrected chi connectivity index (χ1v) is 10.1. The van der Waals surface area contributed by atoms with Crippen molar-refractivity contribution in [2.45, 2.75) is 39.2 Å². The van der Waals surface area contributed by atoms with Gasteiger partial charge in [0, 0.05) is 13.1 Å². The minimum Gasteiger partial charge on any atom is -0.490 e. The first-order chi connectivity index (χ1) is 14.1. The highest BCUT2D eigenvalue weighted by Gasteiger charge is 2.35. The highest BCUT2D eigenvalue weighted by Crippen LogP contribution is 2.28. The van der Waals surface area contributed by atoms with Gasteiger partial charge in [0.2, 0.25) is 5.91 Å². The first kappa shape index (κ1) is 20.8. The first-order valence-electron chi connectivity index (χ1n) is 10.1. The Morgan fingerprint density at radius 2 is 1.97 bits per heavy atom. The van der Waals surface area contributed by atoms with Crippen LogP contribution in [0.3, 0.4) is 0 Å². The van der Waals surface area contributed by atoms with Gasteiger partial charge in [0.05, 0.1) is 19.5 Å². The molecule has 1 aliphatic heterocycles. The number of nitrogens with one attached hydrogen (secondary N) is 1. The Bertz CT molecular complexity index is 819. The summed E-state index contributed by atoms with van der Waals surface area (Å²) in [5.41, 5.74) is 1.05. The summed E-state index contributed by atoms with van der Waals surface area (Å²) in [6.07, 6.45) is 3.60. The minimum atomic E-state index is -0.452. The van der Waals surface area contributed by atoms with Gasteiger partial charge in [-0.25, -0.2) is 0 Å². The lowest BCUT2D eigenvalue weighted by Crippen LogP contribution is -2.46. The van der Waals surface area contributed by atoms with Crippen molar-refractivity contribution in [1.29, 1.82) is 0 Å². The minimum absolute atomic E-state index is 0.127. The summed E-state index contributed by atoms with van der Waals surface area (Å²) in [7, 11) is 0. The van der Waals surface area contributed by atoms with Crippen molar-refractivity contribution < 1.29 is 23.5 Å². The number of amides is 2. The Balaban J connectivity index is 1.55. The molecule has 1 saturated heterocycles. The average molecular weight is 400 g/mol. The van der Waals surface area contributed by atoms with E-state index in [1.807, 2.05) is 32.0 Å². The largest absolute Gasteiger partial charge is 0.490 e. The molecule has 1 atom stereocenters. The number of furan rings is 1. The Morgan fingerprint density at radius 1 is 1.17 bits per heavy atom. The third kappa shape index (κ3) is 5.10. The number of likely N-dealkylation sites (tertiary alicyclic amines) is 1. The second-order valence-corrected chi connectivity index (χ2v) is 6.82.